The smallest absolute Gasteiger partial charge is 0.624 e. The highest BCUT2D eigenvalue weighted by molar-refractivity contribution is 8.28. The molecular formula is C45H87N4O16PSSi2. The molecule has 402 valence electrons. The van der Waals surface area contributed by atoms with Gasteiger partial charge in [0.25, 0.3) is 8.53 Å². The van der Waals surface area contributed by atoms with Crippen LogP contribution >= 0.6 is 18.8 Å². The summed E-state index contributed by atoms with van der Waals surface area (Å²) in [6.07, 6.45) is 16.7. The Labute approximate surface area is 417 Å². The van der Waals surface area contributed by atoms with Crippen LogP contribution in [0.5, 0.6) is 0 Å². The van der Waals surface area contributed by atoms with E-state index in [1.807, 2.05) is 46.5 Å². The number of rotatable bonds is 26. The van der Waals surface area contributed by atoms with Crippen molar-refractivity contribution in [1.82, 2.24) is 9.99 Å². The third kappa shape index (κ3) is 23.1. The third-order valence-electron chi connectivity index (χ3n) is 10.6. The van der Waals surface area contributed by atoms with Crippen LogP contribution in [0.4, 0.5) is 0 Å². The van der Waals surface area contributed by atoms with E-state index in [4.69, 9.17) is 54.3 Å². The summed E-state index contributed by atoms with van der Waals surface area (Å²) in [4.78, 5) is 28.0. The fourth-order valence-electron chi connectivity index (χ4n) is 7.93. The van der Waals surface area contributed by atoms with Gasteiger partial charge in [-0.1, -0.05) is 57.8 Å². The van der Waals surface area contributed by atoms with E-state index in [1.165, 1.54) is 65.2 Å². The van der Waals surface area contributed by atoms with Gasteiger partial charge in [-0.2, -0.15) is 10.3 Å². The summed E-state index contributed by atoms with van der Waals surface area (Å²) in [5.41, 5.74) is 0. The zero-order chi connectivity index (χ0) is 51.4. The van der Waals surface area contributed by atoms with Gasteiger partial charge in [0.2, 0.25) is 12.1 Å². The van der Waals surface area contributed by atoms with Gasteiger partial charge < -0.3 is 69.9 Å². The molecule has 2 N–H and O–H groups in total. The first-order chi connectivity index (χ1) is 32.4. The number of hydrogen-bond acceptors (Lipinski definition) is 18. The number of aliphatic hydroxyl groups is 1. The minimum absolute atomic E-state index is 0.0415. The van der Waals surface area contributed by atoms with Gasteiger partial charge in [-0.15, -0.1) is 0 Å². The molecule has 0 bridgehead atoms. The largest absolute Gasteiger partial charge is 0.679 e. The zero-order valence-corrected chi connectivity index (χ0v) is 47.6. The van der Waals surface area contributed by atoms with Crippen LogP contribution in [0.15, 0.2) is 29.8 Å². The van der Waals surface area contributed by atoms with E-state index in [-0.39, 0.29) is 49.8 Å². The molecule has 2 aliphatic heterocycles. The summed E-state index contributed by atoms with van der Waals surface area (Å²) < 4.78 is 78.0. The molecule has 24 heteroatoms. The average molecular weight is 1060 g/mol. The van der Waals surface area contributed by atoms with Crippen molar-refractivity contribution in [3.05, 3.63) is 30.0 Å². The molecule has 1 aliphatic carbocycles. The molecule has 3 rings (SSSR count). The highest BCUT2D eigenvalue weighted by Gasteiger charge is 2.59. The normalized spacial score (nSPS) is 26.3. The van der Waals surface area contributed by atoms with Crippen molar-refractivity contribution in [1.29, 1.82) is 0 Å². The molecule has 0 aromatic heterocycles. The maximum absolute atomic E-state index is 15.2. The number of carbonyl (C=O) groups is 2. The summed E-state index contributed by atoms with van der Waals surface area (Å²) in [7, 11) is -8.65. The fraction of sp³-hybridized carbons (Fsp3) is 0.844. The lowest BCUT2D eigenvalue weighted by Gasteiger charge is -2.45. The van der Waals surface area contributed by atoms with Crippen LogP contribution in [-0.4, -0.2) is 157 Å². The van der Waals surface area contributed by atoms with Gasteiger partial charge in [-0.05, 0) is 85.9 Å². The van der Waals surface area contributed by atoms with Crippen LogP contribution in [0.25, 0.3) is 0 Å². The Morgan fingerprint density at radius 3 is 2.04 bits per heavy atom. The molecule has 0 aromatic rings. The van der Waals surface area contributed by atoms with E-state index in [0.717, 1.165) is 51.0 Å². The van der Waals surface area contributed by atoms with Gasteiger partial charge >= 0.3 is 21.5 Å². The van der Waals surface area contributed by atoms with Crippen molar-refractivity contribution >= 4 is 53.9 Å². The van der Waals surface area contributed by atoms with Crippen LogP contribution in [0.3, 0.4) is 0 Å². The van der Waals surface area contributed by atoms with Gasteiger partial charge in [-0.3, -0.25) is 14.2 Å². The fourth-order valence-corrected chi connectivity index (χ4v) is 17.3. The van der Waals surface area contributed by atoms with E-state index in [2.05, 4.69) is 34.6 Å². The number of hydrogen-bond donors (Lipinski definition) is 2. The summed E-state index contributed by atoms with van der Waals surface area (Å²) in [6.45, 7) is 16.0. The Balaban J connectivity index is 2.24. The molecule has 2 heterocycles. The monoisotopic (exact) mass is 1060 g/mol. The molecule has 20 nitrogen and oxygen atoms in total. The Morgan fingerprint density at radius 2 is 1.55 bits per heavy atom. The summed E-state index contributed by atoms with van der Waals surface area (Å²) >= 11 is 0. The second-order valence-electron chi connectivity index (χ2n) is 19.7. The standard InChI is InChI=1S/C45H87N4O16PSSi2/c1-34(2)48(35(3)4)66(54-8)62-42-40(32-59-69(64-67(9,10)11,65-68(12,13)14)63-39-24-22-20-18-16-15-17-19-21-23-25-39)60-44(49(53)27-26-41(46-33-49)47-36(5)50)43(42)61-45(57-30-28-55-37(6)51)58-31-29-56-38(7)52/h26-28,30,34-35,38-40,42-45,52H,15-25,29,31-33H2,1-14H3,(H,46,47,50)/b30-28+/t38?,40?,42?,43?,44-,45?,49?,66?,69?/m1/s1. The summed E-state index contributed by atoms with van der Waals surface area (Å²) in [6, 6.07) is -0.0831. The van der Waals surface area contributed by atoms with Gasteiger partial charge in [0.05, 0.1) is 25.9 Å². The molecule has 0 aromatic carbocycles. The Morgan fingerprint density at radius 1 is 0.957 bits per heavy atom. The third-order valence-corrected chi connectivity index (χ3v) is 20.0. The molecule has 0 radical (unpaired) electrons. The maximum atomic E-state index is 15.2. The molecule has 1 amide bonds. The topological polar surface area (TPSA) is 216 Å². The summed E-state index contributed by atoms with van der Waals surface area (Å²) in [5, 5.41) is 27.7. The minimum atomic E-state index is -4.08. The molecule has 8 unspecified atom stereocenters. The van der Waals surface area contributed by atoms with Crippen LogP contribution in [-0.2, 0) is 63.9 Å². The van der Waals surface area contributed by atoms with E-state index in [9.17, 15) is 14.7 Å². The maximum Gasteiger partial charge on any atom is 0.679 e. The molecule has 9 atom stereocenters. The number of quaternary nitrogens is 1. The van der Waals surface area contributed by atoms with E-state index in [1.54, 1.807) is 7.11 Å². The predicted octanol–water partition coefficient (Wildman–Crippen LogP) is 8.13. The molecule has 1 saturated carbocycles. The van der Waals surface area contributed by atoms with Crippen molar-refractivity contribution < 1.29 is 73.6 Å². The highest BCUT2D eigenvalue weighted by Crippen LogP contribution is 2.50. The first-order valence-electron chi connectivity index (χ1n) is 24.4. The number of nitrogens with one attached hydrogen (secondary N) is 1. The van der Waals surface area contributed by atoms with Crippen molar-refractivity contribution in [3.8, 4) is 0 Å². The number of esters is 1. The van der Waals surface area contributed by atoms with Gasteiger partial charge in [0, 0.05) is 39.1 Å². The Hall–Kier alpha value is -1.46. The molecule has 69 heavy (non-hydrogen) atoms. The van der Waals surface area contributed by atoms with Crippen LogP contribution < -0.4 is 5.32 Å². The lowest BCUT2D eigenvalue weighted by atomic mass is 10.00. The van der Waals surface area contributed by atoms with E-state index >= 15 is 5.21 Å². The van der Waals surface area contributed by atoms with Crippen molar-refractivity contribution in [2.45, 2.75) is 194 Å². The molecule has 2 fully saturated rings. The van der Waals surface area contributed by atoms with E-state index in [0.29, 0.717) is 0 Å². The quantitative estimate of drug-likeness (QED) is 0.0122. The number of nitrogens with zero attached hydrogens (tertiary/aromatic N) is 3. The first kappa shape index (κ1) is 61.8. The van der Waals surface area contributed by atoms with Gasteiger partial charge in [0.1, 0.15) is 36.8 Å². The molecular weight excluding hydrogens is 972 g/mol. The van der Waals surface area contributed by atoms with Crippen LogP contribution in [0.2, 0.25) is 19.6 Å². The predicted molar refractivity (Wildman–Crippen MR) is 271 cm³/mol. The number of carbonyl (C=O) groups excluding carboxylic acids is 2. The second kappa shape index (κ2) is 30.0. The second-order valence-corrected chi connectivity index (χ2v) is 31.9. The van der Waals surface area contributed by atoms with Crippen molar-refractivity contribution in [3.63, 3.8) is 0 Å². The highest BCUT2D eigenvalue weighted by atomic mass is 32.3. The van der Waals surface area contributed by atoms with Crippen molar-refractivity contribution in [2.75, 3.05) is 52.4 Å². The van der Waals surface area contributed by atoms with Crippen LogP contribution in [0.1, 0.15) is 119 Å². The van der Waals surface area contributed by atoms with Crippen LogP contribution in [0, 0.1) is 5.21 Å². The Bertz CT molecular complexity index is 1590. The number of amides is 1. The number of hydroxylamine groups is 3. The summed E-state index contributed by atoms with van der Waals surface area (Å²) in [5.74, 6) is -0.748. The molecule has 1 saturated heterocycles. The minimum Gasteiger partial charge on any atom is -0.624 e. The SMILES string of the molecule is COP(OC1C(CO[Si](OC2CCCCCCCCCCC2)(O[Si](C)(C)C)OS(C)(C)C)O[C@@H]([N+]2([O-])C=CC(NC(C)=O)=NC2)C1OC(O/C=C/OC(C)=O)OCCOC(C)O)N(C(C)C)C(C)C. The molecule has 0 spiro atoms. The van der Waals surface area contributed by atoms with Crippen molar-refractivity contribution in [2.24, 2.45) is 4.99 Å². The number of aliphatic imine (C=N–C) groups is 1. The lowest BCUT2D eigenvalue weighted by Crippen LogP contribution is -2.58. The lowest BCUT2D eigenvalue weighted by molar-refractivity contribution is -0.884. The van der Waals surface area contributed by atoms with E-state index < -0.39 is 90.8 Å². The van der Waals surface area contributed by atoms with Gasteiger partial charge in [-0.25, -0.2) is 9.66 Å². The number of ether oxygens (including phenoxy) is 6. The average Bonchev–Trinajstić information content (AvgIpc) is 3.56. The number of amidine groups is 1. The first-order valence-corrected chi connectivity index (χ1v) is 33.3. The Kier molecular flexibility index (Phi) is 26.9. The zero-order valence-electron chi connectivity index (χ0n) is 43.9. The number of aliphatic hydroxyl groups excluding tert-OH is 1. The van der Waals surface area contributed by atoms with Gasteiger partial charge in [0.15, 0.2) is 27.4 Å². The molecule has 3 aliphatic rings.